The number of hydrogen-bond acceptors (Lipinski definition) is 8. The topological polar surface area (TPSA) is 119 Å². The van der Waals surface area contributed by atoms with Gasteiger partial charge in [0.05, 0.1) is 20.0 Å². The maximum atomic E-state index is 12.6. The second-order valence-electron chi connectivity index (χ2n) is 9.50. The highest BCUT2D eigenvalue weighted by atomic mass is 16.5. The van der Waals surface area contributed by atoms with Gasteiger partial charge in [0, 0.05) is 12.8 Å². The number of hydrogen-bond donors (Lipinski definition) is 2. The molecule has 0 bridgehead atoms. The third-order valence-electron chi connectivity index (χ3n) is 6.07. The maximum absolute atomic E-state index is 12.6. The standard InChI is InChI=1S/C21H35N5O4/c1-21(2,3)20(28)30-10-4-9-29-19(27)17-12-16-11-14(5-7-15(16)13-22-17)6-8-18-23-25-26-24-18/h14-17,22H,4-13H2,1-3H3,(H,23,24,25,26)/t14-,15+,16-,17+/m1/s1/i17D. The SMILES string of the molecule is [2H][C@@]1(C(=O)OCCCOC(=O)C(C)(C)C)C[C@H]2C[C@@H](CCc3nn[nH]n3)CC[C@H]2CN1. The van der Waals surface area contributed by atoms with Crippen molar-refractivity contribution in [1.82, 2.24) is 25.9 Å². The lowest BCUT2D eigenvalue weighted by Crippen LogP contribution is -2.50. The first-order chi connectivity index (χ1) is 14.7. The fraction of sp³-hybridized carbons (Fsp3) is 0.857. The summed E-state index contributed by atoms with van der Waals surface area (Å²) < 4.78 is 19.2. The van der Waals surface area contributed by atoms with Gasteiger partial charge in [0.1, 0.15) is 6.02 Å². The van der Waals surface area contributed by atoms with Gasteiger partial charge in [-0.15, -0.1) is 10.2 Å². The molecule has 1 aromatic heterocycles. The van der Waals surface area contributed by atoms with Crippen LogP contribution in [0.15, 0.2) is 0 Å². The number of tetrazole rings is 1. The first-order valence-electron chi connectivity index (χ1n) is 11.5. The van der Waals surface area contributed by atoms with Gasteiger partial charge < -0.3 is 14.8 Å². The van der Waals surface area contributed by atoms with Crippen molar-refractivity contribution in [3.8, 4) is 0 Å². The highest BCUT2D eigenvalue weighted by Crippen LogP contribution is 2.40. The minimum absolute atomic E-state index is 0.139. The number of rotatable bonds is 8. The summed E-state index contributed by atoms with van der Waals surface area (Å²) in [7, 11) is 0. The molecule has 1 aliphatic heterocycles. The van der Waals surface area contributed by atoms with Crippen molar-refractivity contribution < 1.29 is 20.4 Å². The van der Waals surface area contributed by atoms with Crippen LogP contribution in [0.4, 0.5) is 0 Å². The summed E-state index contributed by atoms with van der Waals surface area (Å²) in [5, 5.41) is 17.2. The van der Waals surface area contributed by atoms with E-state index in [4.69, 9.17) is 10.8 Å². The lowest BCUT2D eigenvalue weighted by Gasteiger charge is -2.42. The molecule has 2 fully saturated rings. The van der Waals surface area contributed by atoms with Crippen molar-refractivity contribution >= 4 is 11.9 Å². The number of aromatic nitrogens is 4. The Morgan fingerprint density at radius 2 is 1.97 bits per heavy atom. The van der Waals surface area contributed by atoms with Crippen LogP contribution in [0.2, 0.25) is 0 Å². The van der Waals surface area contributed by atoms with Crippen molar-refractivity contribution in [2.75, 3.05) is 19.8 Å². The molecule has 0 aromatic carbocycles. The fourth-order valence-corrected chi connectivity index (χ4v) is 4.26. The zero-order chi connectivity index (χ0) is 22.5. The number of nitrogens with one attached hydrogen (secondary N) is 2. The molecule has 2 aliphatic rings. The van der Waals surface area contributed by atoms with E-state index in [1.54, 1.807) is 20.8 Å². The number of esters is 2. The summed E-state index contributed by atoms with van der Waals surface area (Å²) >= 11 is 0. The maximum Gasteiger partial charge on any atom is 0.323 e. The monoisotopic (exact) mass is 422 g/mol. The van der Waals surface area contributed by atoms with E-state index >= 15 is 0 Å². The first-order valence-corrected chi connectivity index (χ1v) is 11.0. The number of H-pyrrole nitrogens is 1. The zero-order valence-electron chi connectivity index (χ0n) is 19.3. The van der Waals surface area contributed by atoms with Gasteiger partial charge in [-0.1, -0.05) is 11.6 Å². The highest BCUT2D eigenvalue weighted by molar-refractivity contribution is 5.76. The number of fused-ring (bicyclic) bond motifs is 1. The molecule has 3 rings (SSSR count). The summed E-state index contributed by atoms with van der Waals surface area (Å²) in [6, 6.07) is -1.40. The molecule has 2 heterocycles. The molecule has 1 aromatic rings. The summed E-state index contributed by atoms with van der Waals surface area (Å²) in [4.78, 5) is 24.4. The largest absolute Gasteiger partial charge is 0.465 e. The fourth-order valence-electron chi connectivity index (χ4n) is 4.26. The minimum atomic E-state index is -1.40. The third kappa shape index (κ3) is 6.48. The lowest BCUT2D eigenvalue weighted by molar-refractivity contribution is -0.154. The normalized spacial score (nSPS) is 29.6. The molecule has 168 valence electrons. The molecule has 1 saturated carbocycles. The molecule has 0 radical (unpaired) electrons. The van der Waals surface area contributed by atoms with E-state index in [0.29, 0.717) is 37.1 Å². The van der Waals surface area contributed by atoms with Crippen LogP contribution < -0.4 is 5.32 Å². The van der Waals surface area contributed by atoms with Crippen LogP contribution >= 0.6 is 0 Å². The molecule has 30 heavy (non-hydrogen) atoms. The Kier molecular flexibility index (Phi) is 7.30. The lowest BCUT2D eigenvalue weighted by atomic mass is 9.69. The number of carbonyl (C=O) groups is 2. The van der Waals surface area contributed by atoms with Gasteiger partial charge in [0.2, 0.25) is 0 Å². The van der Waals surface area contributed by atoms with Gasteiger partial charge >= 0.3 is 11.9 Å². The molecule has 4 atom stereocenters. The minimum Gasteiger partial charge on any atom is -0.465 e. The van der Waals surface area contributed by atoms with Crippen LogP contribution in [0.1, 0.15) is 66.5 Å². The molecule has 9 nitrogen and oxygen atoms in total. The molecule has 0 amide bonds. The van der Waals surface area contributed by atoms with Crippen molar-refractivity contribution in [2.45, 2.75) is 71.7 Å². The van der Waals surface area contributed by atoms with E-state index in [2.05, 4.69) is 25.9 Å². The molecule has 0 spiro atoms. The van der Waals surface area contributed by atoms with Gasteiger partial charge in [-0.2, -0.15) is 5.21 Å². The first kappa shape index (κ1) is 21.2. The van der Waals surface area contributed by atoms with Crippen LogP contribution in [0.25, 0.3) is 0 Å². The molecule has 0 unspecified atom stereocenters. The summed E-state index contributed by atoms with van der Waals surface area (Å²) in [6.07, 6.45) is 5.97. The van der Waals surface area contributed by atoms with E-state index in [-0.39, 0.29) is 19.2 Å². The van der Waals surface area contributed by atoms with E-state index < -0.39 is 17.4 Å². The second kappa shape index (κ2) is 10.3. The quantitative estimate of drug-likeness (QED) is 0.483. The molecule has 9 heteroatoms. The zero-order valence-corrected chi connectivity index (χ0v) is 18.3. The van der Waals surface area contributed by atoms with Gasteiger partial charge in [0.25, 0.3) is 0 Å². The smallest absolute Gasteiger partial charge is 0.323 e. The van der Waals surface area contributed by atoms with Gasteiger partial charge in [0.15, 0.2) is 5.82 Å². The summed E-state index contributed by atoms with van der Waals surface area (Å²) in [5.41, 5.74) is -0.548. The van der Waals surface area contributed by atoms with Gasteiger partial charge in [-0.25, -0.2) is 0 Å². The Morgan fingerprint density at radius 1 is 1.17 bits per heavy atom. The second-order valence-corrected chi connectivity index (χ2v) is 9.50. The van der Waals surface area contributed by atoms with Gasteiger partial charge in [-0.3, -0.25) is 9.59 Å². The number of carbonyl (C=O) groups excluding carboxylic acids is 2. The van der Waals surface area contributed by atoms with Crippen LogP contribution in [0.5, 0.6) is 0 Å². The van der Waals surface area contributed by atoms with Crippen molar-refractivity contribution in [2.24, 2.45) is 23.2 Å². The van der Waals surface area contributed by atoms with Crippen LogP contribution in [-0.2, 0) is 25.5 Å². The average Bonchev–Trinajstić information content (AvgIpc) is 3.24. The van der Waals surface area contributed by atoms with Crippen LogP contribution in [0.3, 0.4) is 0 Å². The van der Waals surface area contributed by atoms with E-state index in [0.717, 1.165) is 37.9 Å². The molecule has 1 saturated heterocycles. The number of aromatic amines is 1. The highest BCUT2D eigenvalue weighted by Gasteiger charge is 2.38. The Balaban J connectivity index is 1.41. The van der Waals surface area contributed by atoms with Crippen molar-refractivity contribution in [1.29, 1.82) is 0 Å². The Morgan fingerprint density at radius 3 is 2.70 bits per heavy atom. The van der Waals surface area contributed by atoms with Crippen molar-refractivity contribution in [3.05, 3.63) is 5.82 Å². The Hall–Kier alpha value is -2.03. The molecule has 2 N–H and O–H groups in total. The van der Waals surface area contributed by atoms with E-state index in [1.807, 2.05) is 0 Å². The summed E-state index contributed by atoms with van der Waals surface area (Å²) in [6.45, 7) is 6.39. The Labute approximate surface area is 179 Å². The van der Waals surface area contributed by atoms with Gasteiger partial charge in [-0.05, 0) is 70.8 Å². The van der Waals surface area contributed by atoms with E-state index in [1.165, 1.54) is 0 Å². The number of nitrogens with zero attached hydrogens (tertiary/aromatic N) is 3. The molecular weight excluding hydrogens is 386 g/mol. The third-order valence-corrected chi connectivity index (χ3v) is 6.07. The Bertz CT molecular complexity index is 739. The average molecular weight is 423 g/mol. The number of aryl methyl sites for hydroxylation is 1. The summed E-state index contributed by atoms with van der Waals surface area (Å²) in [5.74, 6) is 1.31. The van der Waals surface area contributed by atoms with E-state index in [9.17, 15) is 9.59 Å². The van der Waals surface area contributed by atoms with Crippen molar-refractivity contribution in [3.63, 3.8) is 0 Å². The van der Waals surface area contributed by atoms with Crippen LogP contribution in [-0.4, -0.2) is 58.3 Å². The predicted molar refractivity (Wildman–Crippen MR) is 109 cm³/mol. The number of ether oxygens (including phenoxy) is 2. The predicted octanol–water partition coefficient (Wildman–Crippen LogP) is 2.05. The number of piperidine rings is 1. The van der Waals surface area contributed by atoms with Crippen LogP contribution in [0, 0.1) is 23.2 Å². The molecular formula is C21H35N5O4. The molecule has 1 aliphatic carbocycles.